The Labute approximate surface area is 95.5 Å². The van der Waals surface area contributed by atoms with Crippen LogP contribution in [0.25, 0.3) is 0 Å². The predicted molar refractivity (Wildman–Crippen MR) is 51.8 cm³/mol. The van der Waals surface area contributed by atoms with Crippen molar-refractivity contribution in [1.82, 2.24) is 4.98 Å². The van der Waals surface area contributed by atoms with E-state index < -0.39 is 30.2 Å². The lowest BCUT2D eigenvalue weighted by molar-refractivity contribution is -0.130. The summed E-state index contributed by atoms with van der Waals surface area (Å²) in [5.41, 5.74) is 0.0618. The fourth-order valence-electron chi connectivity index (χ4n) is 1.34. The van der Waals surface area contributed by atoms with Crippen LogP contribution in [-0.4, -0.2) is 22.2 Å². The van der Waals surface area contributed by atoms with Gasteiger partial charge in [0, 0.05) is 0 Å². The van der Waals surface area contributed by atoms with Crippen molar-refractivity contribution in [2.75, 3.05) is 0 Å². The predicted octanol–water partition coefficient (Wildman–Crippen LogP) is 2.68. The van der Waals surface area contributed by atoms with Crippen LogP contribution in [-0.2, 0) is 12.8 Å². The third-order valence-corrected chi connectivity index (χ3v) is 1.89. The van der Waals surface area contributed by atoms with Gasteiger partial charge in [-0.25, -0.2) is 9.78 Å². The van der Waals surface area contributed by atoms with Crippen LogP contribution in [0.2, 0.25) is 0 Å². The number of halogens is 3. The summed E-state index contributed by atoms with van der Waals surface area (Å²) in [6, 6.07) is 0. The molecule has 0 amide bonds. The first-order valence-electron chi connectivity index (χ1n) is 4.97. The maximum Gasteiger partial charge on any atom is 0.397 e. The van der Waals surface area contributed by atoms with E-state index in [1.165, 1.54) is 0 Å². The zero-order chi connectivity index (χ0) is 13.2. The molecular weight excluding hydrogens is 239 g/mol. The second-order valence-corrected chi connectivity index (χ2v) is 4.08. The molecule has 0 saturated heterocycles. The zero-order valence-corrected chi connectivity index (χ0v) is 9.34. The number of nitrogens with zero attached hydrogens (tertiary/aromatic N) is 1. The Morgan fingerprint density at radius 1 is 1.47 bits per heavy atom. The van der Waals surface area contributed by atoms with E-state index in [1.54, 1.807) is 0 Å². The monoisotopic (exact) mass is 251 g/mol. The molecular formula is C10H12F3NO3. The van der Waals surface area contributed by atoms with E-state index in [9.17, 15) is 18.0 Å². The number of carboxylic acid groups (broad SMARTS) is 1. The molecule has 0 unspecified atom stereocenters. The quantitative estimate of drug-likeness (QED) is 0.893. The van der Waals surface area contributed by atoms with Crippen molar-refractivity contribution in [3.05, 3.63) is 17.3 Å². The molecule has 1 N–H and O–H groups in total. The van der Waals surface area contributed by atoms with Gasteiger partial charge in [0.15, 0.2) is 0 Å². The molecule has 0 saturated carbocycles. The molecule has 0 aromatic carbocycles. The number of carboxylic acids is 1. The molecule has 1 rings (SSSR count). The van der Waals surface area contributed by atoms with Gasteiger partial charge in [0.1, 0.15) is 6.42 Å². The van der Waals surface area contributed by atoms with Crippen LogP contribution in [0.5, 0.6) is 0 Å². The van der Waals surface area contributed by atoms with Crippen LogP contribution in [0.4, 0.5) is 13.2 Å². The Balaban J connectivity index is 3.00. The Kier molecular flexibility index (Phi) is 3.79. The van der Waals surface area contributed by atoms with Gasteiger partial charge >= 0.3 is 12.1 Å². The third kappa shape index (κ3) is 4.08. The SMILES string of the molecule is CC(C)Cc1nc(CC(F)(F)F)oc1C(=O)O. The molecule has 0 spiro atoms. The molecule has 1 aromatic rings. The lowest BCUT2D eigenvalue weighted by Gasteiger charge is -2.01. The summed E-state index contributed by atoms with van der Waals surface area (Å²) < 4.78 is 40.9. The van der Waals surface area contributed by atoms with E-state index in [0.717, 1.165) is 0 Å². The molecule has 0 aliphatic carbocycles. The molecule has 1 aromatic heterocycles. The van der Waals surface area contributed by atoms with E-state index in [2.05, 4.69) is 9.40 Å². The van der Waals surface area contributed by atoms with Crippen LogP contribution < -0.4 is 0 Å². The Bertz CT molecular complexity index is 409. The number of hydrogen-bond acceptors (Lipinski definition) is 3. The summed E-state index contributed by atoms with van der Waals surface area (Å²) in [6.07, 6.45) is -5.55. The van der Waals surface area contributed by atoms with E-state index in [1.807, 2.05) is 13.8 Å². The fraction of sp³-hybridized carbons (Fsp3) is 0.600. The average molecular weight is 251 g/mol. The number of aromatic carboxylic acids is 1. The summed E-state index contributed by atoms with van der Waals surface area (Å²) in [7, 11) is 0. The highest BCUT2D eigenvalue weighted by atomic mass is 19.4. The van der Waals surface area contributed by atoms with Crippen LogP contribution in [0.1, 0.15) is 36.0 Å². The molecule has 0 aliphatic heterocycles. The molecule has 1 heterocycles. The standard InChI is InChI=1S/C10H12F3NO3/c1-5(2)3-6-8(9(15)16)17-7(14-6)4-10(11,12)13/h5H,3-4H2,1-2H3,(H,15,16). The first-order valence-corrected chi connectivity index (χ1v) is 4.97. The minimum absolute atomic E-state index is 0.0618. The highest BCUT2D eigenvalue weighted by molar-refractivity contribution is 5.85. The number of rotatable bonds is 4. The summed E-state index contributed by atoms with van der Waals surface area (Å²) in [4.78, 5) is 14.4. The van der Waals surface area contributed by atoms with Crippen molar-refractivity contribution in [2.45, 2.75) is 32.9 Å². The number of hydrogen-bond donors (Lipinski definition) is 1. The lowest BCUT2D eigenvalue weighted by atomic mass is 10.1. The maximum absolute atomic E-state index is 12.1. The molecule has 0 radical (unpaired) electrons. The highest BCUT2D eigenvalue weighted by Gasteiger charge is 2.32. The largest absolute Gasteiger partial charge is 0.475 e. The second-order valence-electron chi connectivity index (χ2n) is 4.08. The Morgan fingerprint density at radius 2 is 2.06 bits per heavy atom. The molecule has 0 bridgehead atoms. The summed E-state index contributed by atoms with van der Waals surface area (Å²) in [6.45, 7) is 3.62. The minimum atomic E-state index is -4.46. The van der Waals surface area contributed by atoms with Gasteiger partial charge in [0.2, 0.25) is 11.7 Å². The van der Waals surface area contributed by atoms with Gasteiger partial charge in [-0.05, 0) is 12.3 Å². The summed E-state index contributed by atoms with van der Waals surface area (Å²) >= 11 is 0. The molecule has 0 aliphatic rings. The Hall–Kier alpha value is -1.53. The highest BCUT2D eigenvalue weighted by Crippen LogP contribution is 2.23. The number of alkyl halides is 3. The van der Waals surface area contributed by atoms with Gasteiger partial charge in [0.25, 0.3) is 0 Å². The van der Waals surface area contributed by atoms with Crippen LogP contribution in [0, 0.1) is 5.92 Å². The van der Waals surface area contributed by atoms with Gasteiger partial charge in [-0.3, -0.25) is 0 Å². The van der Waals surface area contributed by atoms with Gasteiger partial charge in [-0.2, -0.15) is 13.2 Å². The van der Waals surface area contributed by atoms with Crippen LogP contribution in [0.15, 0.2) is 4.42 Å². The second kappa shape index (κ2) is 4.77. The smallest absolute Gasteiger partial charge is 0.397 e. The molecule has 4 nitrogen and oxygen atoms in total. The minimum Gasteiger partial charge on any atom is -0.475 e. The zero-order valence-electron chi connectivity index (χ0n) is 9.34. The number of oxazole rings is 1. The summed E-state index contributed by atoms with van der Waals surface area (Å²) in [5, 5.41) is 8.78. The van der Waals surface area contributed by atoms with Crippen molar-refractivity contribution in [3.8, 4) is 0 Å². The first-order chi connectivity index (χ1) is 7.69. The average Bonchev–Trinajstić information content (AvgIpc) is 2.43. The first kappa shape index (κ1) is 13.5. The van der Waals surface area contributed by atoms with Gasteiger partial charge in [-0.1, -0.05) is 13.8 Å². The van der Waals surface area contributed by atoms with Crippen molar-refractivity contribution >= 4 is 5.97 Å². The topological polar surface area (TPSA) is 63.3 Å². The van der Waals surface area contributed by atoms with Crippen molar-refractivity contribution in [2.24, 2.45) is 5.92 Å². The van der Waals surface area contributed by atoms with Crippen molar-refractivity contribution < 1.29 is 27.5 Å². The van der Waals surface area contributed by atoms with Gasteiger partial charge in [-0.15, -0.1) is 0 Å². The lowest BCUT2D eigenvalue weighted by Crippen LogP contribution is -2.11. The van der Waals surface area contributed by atoms with E-state index in [4.69, 9.17) is 5.11 Å². The van der Waals surface area contributed by atoms with Gasteiger partial charge < -0.3 is 9.52 Å². The van der Waals surface area contributed by atoms with Crippen LogP contribution in [0.3, 0.4) is 0 Å². The number of aromatic nitrogens is 1. The molecule has 17 heavy (non-hydrogen) atoms. The normalized spacial score (nSPS) is 12.1. The molecule has 96 valence electrons. The molecule has 0 atom stereocenters. The van der Waals surface area contributed by atoms with Crippen molar-refractivity contribution in [1.29, 1.82) is 0 Å². The maximum atomic E-state index is 12.1. The van der Waals surface area contributed by atoms with Crippen LogP contribution >= 0.6 is 0 Å². The summed E-state index contributed by atoms with van der Waals surface area (Å²) in [5.74, 6) is -2.43. The molecule has 0 fully saturated rings. The van der Waals surface area contributed by atoms with Crippen molar-refractivity contribution in [3.63, 3.8) is 0 Å². The Morgan fingerprint density at radius 3 is 2.47 bits per heavy atom. The fourth-order valence-corrected chi connectivity index (χ4v) is 1.34. The molecule has 7 heteroatoms. The van der Waals surface area contributed by atoms with Gasteiger partial charge in [0.05, 0.1) is 5.69 Å². The van der Waals surface area contributed by atoms with E-state index >= 15 is 0 Å². The third-order valence-electron chi connectivity index (χ3n) is 1.89. The number of carbonyl (C=O) groups is 1. The van der Waals surface area contributed by atoms with E-state index in [-0.39, 0.29) is 18.0 Å². The van der Waals surface area contributed by atoms with E-state index in [0.29, 0.717) is 0 Å².